The second-order valence-corrected chi connectivity index (χ2v) is 6.46. The van der Waals surface area contributed by atoms with Crippen molar-refractivity contribution in [1.82, 2.24) is 20.2 Å². The van der Waals surface area contributed by atoms with Crippen LogP contribution >= 0.6 is 0 Å². The molecule has 0 aliphatic heterocycles. The Bertz CT molecular complexity index is 953. The molecule has 1 atom stereocenters. The average molecular weight is 367 g/mol. The molecule has 1 fully saturated rings. The molecule has 0 radical (unpaired) electrons. The first-order valence-electron chi connectivity index (χ1n) is 8.71. The quantitative estimate of drug-likeness (QED) is 0.723. The van der Waals surface area contributed by atoms with E-state index in [-0.39, 0.29) is 11.7 Å². The Balaban J connectivity index is 1.45. The zero-order valence-electron chi connectivity index (χ0n) is 14.7. The lowest BCUT2D eigenvalue weighted by Gasteiger charge is -2.15. The van der Waals surface area contributed by atoms with Crippen molar-refractivity contribution >= 4 is 11.6 Å². The molecule has 4 rings (SSSR count). The van der Waals surface area contributed by atoms with Gasteiger partial charge in [-0.2, -0.15) is 0 Å². The Labute approximate surface area is 155 Å². The molecular weight excluding hydrogens is 349 g/mol. The lowest BCUT2D eigenvalue weighted by molar-refractivity contribution is -0.122. The van der Waals surface area contributed by atoms with Crippen LogP contribution in [-0.2, 0) is 4.79 Å². The third kappa shape index (κ3) is 3.94. The van der Waals surface area contributed by atoms with Crippen molar-refractivity contribution in [3.8, 4) is 17.1 Å². The predicted octanol–water partition coefficient (Wildman–Crippen LogP) is 3.22. The summed E-state index contributed by atoms with van der Waals surface area (Å²) < 4.78 is 20.3. The third-order valence-corrected chi connectivity index (χ3v) is 4.27. The fourth-order valence-electron chi connectivity index (χ4n) is 2.70. The molecule has 1 aromatic heterocycles. The number of aromatic nitrogens is 4. The van der Waals surface area contributed by atoms with Crippen LogP contribution in [0, 0.1) is 5.82 Å². The van der Waals surface area contributed by atoms with Crippen LogP contribution in [0.1, 0.15) is 25.8 Å². The van der Waals surface area contributed by atoms with Crippen molar-refractivity contribution < 1.29 is 13.9 Å². The first kappa shape index (κ1) is 17.1. The fraction of sp³-hybridized carbons (Fsp3) is 0.263. The number of ether oxygens (including phenoxy) is 1. The van der Waals surface area contributed by atoms with Gasteiger partial charge in [0.1, 0.15) is 11.6 Å². The lowest BCUT2D eigenvalue weighted by Crippen LogP contribution is -2.30. The molecule has 0 saturated heterocycles. The largest absolute Gasteiger partial charge is 0.481 e. The third-order valence-electron chi connectivity index (χ3n) is 4.27. The van der Waals surface area contributed by atoms with E-state index < -0.39 is 6.10 Å². The number of tetrazole rings is 1. The summed E-state index contributed by atoms with van der Waals surface area (Å²) in [4.78, 5) is 12.4. The minimum absolute atomic E-state index is 0.307. The monoisotopic (exact) mass is 367 g/mol. The normalized spacial score (nSPS) is 14.6. The van der Waals surface area contributed by atoms with Gasteiger partial charge in [-0.05, 0) is 66.6 Å². The van der Waals surface area contributed by atoms with E-state index in [2.05, 4.69) is 20.8 Å². The van der Waals surface area contributed by atoms with Crippen molar-refractivity contribution in [3.63, 3.8) is 0 Å². The van der Waals surface area contributed by atoms with E-state index in [1.54, 1.807) is 13.0 Å². The first-order valence-corrected chi connectivity index (χ1v) is 8.71. The summed E-state index contributed by atoms with van der Waals surface area (Å²) in [6, 6.07) is 13.2. The number of hydrogen-bond acceptors (Lipinski definition) is 5. The van der Waals surface area contributed by atoms with Gasteiger partial charge in [0.2, 0.25) is 0 Å². The summed E-state index contributed by atoms with van der Waals surface area (Å²) in [5, 5.41) is 14.7. The highest BCUT2D eigenvalue weighted by atomic mass is 19.1. The number of nitrogens with one attached hydrogen (secondary N) is 1. The number of halogens is 1. The van der Waals surface area contributed by atoms with E-state index in [0.29, 0.717) is 23.3 Å². The van der Waals surface area contributed by atoms with Crippen LogP contribution in [0.25, 0.3) is 11.4 Å². The molecule has 0 bridgehead atoms. The van der Waals surface area contributed by atoms with Crippen molar-refractivity contribution in [2.45, 2.75) is 31.9 Å². The molecule has 1 aliphatic carbocycles. The summed E-state index contributed by atoms with van der Waals surface area (Å²) >= 11 is 0. The number of benzene rings is 2. The van der Waals surface area contributed by atoms with Gasteiger partial charge in [0.15, 0.2) is 11.9 Å². The Morgan fingerprint density at radius 3 is 2.78 bits per heavy atom. The summed E-state index contributed by atoms with van der Waals surface area (Å²) in [6.45, 7) is 1.64. The summed E-state index contributed by atoms with van der Waals surface area (Å²) in [6.07, 6.45) is 1.41. The van der Waals surface area contributed by atoms with Gasteiger partial charge in [-0.25, -0.2) is 9.07 Å². The Kier molecular flexibility index (Phi) is 4.53. The molecule has 2 aromatic carbocycles. The molecule has 138 valence electrons. The molecule has 7 nitrogen and oxygen atoms in total. The van der Waals surface area contributed by atoms with Crippen LogP contribution in [0.2, 0.25) is 0 Å². The second-order valence-electron chi connectivity index (χ2n) is 6.46. The molecule has 27 heavy (non-hydrogen) atoms. The highest BCUT2D eigenvalue weighted by Gasteiger charge is 2.28. The molecule has 1 saturated carbocycles. The van der Waals surface area contributed by atoms with Crippen LogP contribution in [0.4, 0.5) is 10.1 Å². The number of hydrogen-bond donors (Lipinski definition) is 1. The van der Waals surface area contributed by atoms with Crippen molar-refractivity contribution in [3.05, 3.63) is 54.3 Å². The Morgan fingerprint density at radius 1 is 1.26 bits per heavy atom. The van der Waals surface area contributed by atoms with Gasteiger partial charge < -0.3 is 10.1 Å². The molecule has 3 aromatic rings. The van der Waals surface area contributed by atoms with Gasteiger partial charge in [0, 0.05) is 11.3 Å². The molecular formula is C19H18FN5O2. The van der Waals surface area contributed by atoms with E-state index in [1.807, 2.05) is 22.9 Å². The number of rotatable bonds is 6. The predicted molar refractivity (Wildman–Crippen MR) is 96.6 cm³/mol. The number of carbonyl (C=O) groups is 1. The molecule has 0 spiro atoms. The minimum Gasteiger partial charge on any atom is -0.481 e. The van der Waals surface area contributed by atoms with E-state index >= 15 is 0 Å². The zero-order chi connectivity index (χ0) is 18.8. The van der Waals surface area contributed by atoms with Crippen LogP contribution < -0.4 is 10.1 Å². The number of anilines is 1. The molecule has 8 heteroatoms. The SMILES string of the molecule is C[C@H](Oc1ccc(F)cc1)C(=O)Nc1cccc(-c2nnnn2C2CC2)c1. The van der Waals surface area contributed by atoms with Crippen LogP contribution in [0.5, 0.6) is 5.75 Å². The molecule has 0 unspecified atom stereocenters. The maximum absolute atomic E-state index is 13.0. The van der Waals surface area contributed by atoms with Gasteiger partial charge in [-0.1, -0.05) is 12.1 Å². The zero-order valence-corrected chi connectivity index (χ0v) is 14.7. The van der Waals surface area contributed by atoms with Gasteiger partial charge in [0.05, 0.1) is 6.04 Å². The van der Waals surface area contributed by atoms with E-state index in [9.17, 15) is 9.18 Å². The lowest BCUT2D eigenvalue weighted by atomic mass is 10.2. The van der Waals surface area contributed by atoms with Gasteiger partial charge in [0.25, 0.3) is 5.91 Å². The average Bonchev–Trinajstić information content (AvgIpc) is 3.40. The summed E-state index contributed by atoms with van der Waals surface area (Å²) in [5.74, 6) is 0.448. The van der Waals surface area contributed by atoms with Crippen LogP contribution in [0.3, 0.4) is 0 Å². The first-order chi connectivity index (χ1) is 13.1. The van der Waals surface area contributed by atoms with E-state index in [0.717, 1.165) is 18.4 Å². The van der Waals surface area contributed by atoms with Gasteiger partial charge in [-0.3, -0.25) is 4.79 Å². The number of amides is 1. The van der Waals surface area contributed by atoms with Crippen LogP contribution in [0.15, 0.2) is 48.5 Å². The molecule has 1 amide bonds. The smallest absolute Gasteiger partial charge is 0.265 e. The van der Waals surface area contributed by atoms with E-state index in [1.165, 1.54) is 24.3 Å². The van der Waals surface area contributed by atoms with Crippen LogP contribution in [-0.4, -0.2) is 32.2 Å². The Morgan fingerprint density at radius 2 is 2.04 bits per heavy atom. The van der Waals surface area contributed by atoms with Crippen molar-refractivity contribution in [2.75, 3.05) is 5.32 Å². The summed E-state index contributed by atoms with van der Waals surface area (Å²) in [5.41, 5.74) is 1.45. The summed E-state index contributed by atoms with van der Waals surface area (Å²) in [7, 11) is 0. The van der Waals surface area contributed by atoms with Gasteiger partial charge in [-0.15, -0.1) is 5.10 Å². The fourth-order valence-corrected chi connectivity index (χ4v) is 2.70. The maximum atomic E-state index is 13.0. The maximum Gasteiger partial charge on any atom is 0.265 e. The van der Waals surface area contributed by atoms with E-state index in [4.69, 9.17) is 4.74 Å². The molecule has 1 aliphatic rings. The molecule has 1 N–H and O–H groups in total. The highest BCUT2D eigenvalue weighted by molar-refractivity contribution is 5.94. The minimum atomic E-state index is -0.740. The topological polar surface area (TPSA) is 81.9 Å². The highest BCUT2D eigenvalue weighted by Crippen LogP contribution is 2.36. The second kappa shape index (κ2) is 7.14. The molecule has 1 heterocycles. The van der Waals surface area contributed by atoms with Gasteiger partial charge >= 0.3 is 0 Å². The van der Waals surface area contributed by atoms with Crippen molar-refractivity contribution in [1.29, 1.82) is 0 Å². The number of carbonyl (C=O) groups excluding carboxylic acids is 1. The standard InChI is InChI=1S/C19H18FN5O2/c1-12(27-17-9-5-14(20)6-10-17)19(26)21-15-4-2-3-13(11-15)18-22-23-24-25(18)16-7-8-16/h2-6,9-12,16H,7-8H2,1H3,(H,21,26)/t12-/m0/s1. The van der Waals surface area contributed by atoms with Crippen molar-refractivity contribution in [2.24, 2.45) is 0 Å². The Hall–Kier alpha value is -3.29. The number of nitrogens with zero attached hydrogens (tertiary/aromatic N) is 4.